The van der Waals surface area contributed by atoms with Gasteiger partial charge in [-0.2, -0.15) is 0 Å². The molecule has 10 heteroatoms. The van der Waals surface area contributed by atoms with Crippen LogP contribution in [0.4, 0.5) is 4.39 Å². The molecule has 1 heterocycles. The number of halogens is 1. The Morgan fingerprint density at radius 2 is 2.00 bits per heavy atom. The molecule has 0 amide bonds. The van der Waals surface area contributed by atoms with Crippen LogP contribution in [0.15, 0.2) is 0 Å². The Balaban J connectivity index is 3.04. The lowest BCUT2D eigenvalue weighted by Gasteiger charge is -2.44. The van der Waals surface area contributed by atoms with Crippen molar-refractivity contribution in [1.29, 1.82) is 0 Å². The number of hydrogen-bond acceptors (Lipinski definition) is 8. The maximum atomic E-state index is 13.6. The lowest BCUT2D eigenvalue weighted by Crippen LogP contribution is -2.71. The highest BCUT2D eigenvalue weighted by Crippen LogP contribution is 2.31. The van der Waals surface area contributed by atoms with Crippen molar-refractivity contribution in [3.63, 3.8) is 0 Å². The van der Waals surface area contributed by atoms with Gasteiger partial charge in [0.15, 0.2) is 6.17 Å². The molecule has 1 aliphatic heterocycles. The zero-order valence-electron chi connectivity index (χ0n) is 9.63. The monoisotopic (exact) mass is 285 g/mol. The fraction of sp³-hybridized carbons (Fsp3) is 0.889. The van der Waals surface area contributed by atoms with Crippen LogP contribution in [-0.2, 0) is 9.53 Å². The molecule has 19 heavy (non-hydrogen) atoms. The molecule has 0 radical (unpaired) electrons. The van der Waals surface area contributed by atoms with Crippen LogP contribution in [0.1, 0.15) is 0 Å². The van der Waals surface area contributed by atoms with Gasteiger partial charge < -0.3 is 41.1 Å². The van der Waals surface area contributed by atoms with Gasteiger partial charge in [0.25, 0.3) is 0 Å². The molecule has 0 aromatic heterocycles. The summed E-state index contributed by atoms with van der Waals surface area (Å²) in [7, 11) is 0. The number of nitrogens with two attached hydrogens (primary N) is 1. The van der Waals surface area contributed by atoms with E-state index >= 15 is 0 Å². The van der Waals surface area contributed by atoms with Gasteiger partial charge in [-0.25, -0.2) is 9.18 Å². The van der Waals surface area contributed by atoms with Gasteiger partial charge in [0, 0.05) is 0 Å². The minimum absolute atomic E-state index is 0.908. The summed E-state index contributed by atoms with van der Waals surface area (Å²) < 4.78 is 18.1. The summed E-state index contributed by atoms with van der Waals surface area (Å²) in [5, 5.41) is 55.1. The van der Waals surface area contributed by atoms with E-state index in [0.717, 1.165) is 0 Å². The molecule has 1 fully saturated rings. The molecule has 0 aromatic rings. The number of carbonyl (C=O) groups is 1. The molecule has 8 N–H and O–H groups in total. The van der Waals surface area contributed by atoms with E-state index in [0.29, 0.717) is 0 Å². The van der Waals surface area contributed by atoms with Crippen LogP contribution in [0.5, 0.6) is 0 Å². The fourth-order valence-electron chi connectivity index (χ4n) is 1.76. The third kappa shape index (κ3) is 2.69. The number of rotatable bonds is 4. The minimum atomic E-state index is -3.41. The topological polar surface area (TPSA) is 174 Å². The molecule has 1 rings (SSSR count). The number of carboxylic acids is 1. The molecule has 0 aliphatic carbocycles. The molecule has 0 spiro atoms. The number of hydrogen-bond donors (Lipinski definition) is 7. The third-order valence-electron chi connectivity index (χ3n) is 2.99. The van der Waals surface area contributed by atoms with Crippen LogP contribution < -0.4 is 5.73 Å². The normalized spacial score (nSPS) is 42.7. The van der Waals surface area contributed by atoms with E-state index in [-0.39, 0.29) is 0 Å². The highest BCUT2D eigenvalue weighted by Gasteiger charge is 2.60. The molecule has 7 atom stereocenters. The SMILES string of the molecule is NC1C(O)C(F)C(O)(C(=O)O)OC1[C@H](O)[C@H](O)CO. The Morgan fingerprint density at radius 1 is 1.47 bits per heavy atom. The van der Waals surface area contributed by atoms with Crippen molar-refractivity contribution in [2.24, 2.45) is 5.73 Å². The van der Waals surface area contributed by atoms with Crippen molar-refractivity contribution in [3.05, 3.63) is 0 Å². The van der Waals surface area contributed by atoms with Crippen LogP contribution in [0.3, 0.4) is 0 Å². The molecular weight excluding hydrogens is 269 g/mol. The summed E-state index contributed by atoms with van der Waals surface area (Å²) in [6, 6.07) is -1.61. The van der Waals surface area contributed by atoms with Crippen LogP contribution in [-0.4, -0.2) is 85.6 Å². The van der Waals surface area contributed by atoms with Crippen molar-refractivity contribution in [2.75, 3.05) is 6.61 Å². The smallest absolute Gasteiger partial charge is 0.367 e. The van der Waals surface area contributed by atoms with E-state index in [1.807, 2.05) is 0 Å². The van der Waals surface area contributed by atoms with E-state index in [1.54, 1.807) is 0 Å². The average Bonchev–Trinajstić information content (AvgIpc) is 2.38. The first-order valence-electron chi connectivity index (χ1n) is 5.35. The number of aliphatic carboxylic acids is 1. The molecule has 9 nitrogen and oxygen atoms in total. The Labute approximate surface area is 106 Å². The van der Waals surface area contributed by atoms with Gasteiger partial charge in [0.1, 0.15) is 24.4 Å². The van der Waals surface area contributed by atoms with Crippen molar-refractivity contribution < 1.29 is 44.6 Å². The molecule has 0 aromatic carbocycles. The van der Waals surface area contributed by atoms with Crippen molar-refractivity contribution in [2.45, 2.75) is 42.4 Å². The number of alkyl halides is 1. The maximum Gasteiger partial charge on any atom is 0.367 e. The minimum Gasteiger partial charge on any atom is -0.477 e. The summed E-state index contributed by atoms with van der Waals surface area (Å²) in [5.74, 6) is -5.53. The van der Waals surface area contributed by atoms with E-state index in [4.69, 9.17) is 15.9 Å². The van der Waals surface area contributed by atoms with E-state index < -0.39 is 55.0 Å². The molecule has 0 bridgehead atoms. The second-order valence-corrected chi connectivity index (χ2v) is 4.29. The Bertz CT molecular complexity index is 340. The lowest BCUT2D eigenvalue weighted by atomic mass is 9.88. The van der Waals surface area contributed by atoms with Crippen LogP contribution in [0.2, 0.25) is 0 Å². The number of carboxylic acid groups (broad SMARTS) is 1. The number of aliphatic hydroxyl groups is 5. The van der Waals surface area contributed by atoms with Crippen LogP contribution in [0, 0.1) is 0 Å². The van der Waals surface area contributed by atoms with E-state index in [9.17, 15) is 29.6 Å². The second-order valence-electron chi connectivity index (χ2n) is 4.29. The molecular formula is C9H16FNO8. The summed E-state index contributed by atoms with van der Waals surface area (Å²) in [5.41, 5.74) is 5.36. The van der Waals surface area contributed by atoms with E-state index in [2.05, 4.69) is 4.74 Å². The Hall–Kier alpha value is -0.880. The quantitative estimate of drug-likeness (QED) is 0.271. The molecule has 1 saturated heterocycles. The van der Waals surface area contributed by atoms with Crippen molar-refractivity contribution in [3.8, 4) is 0 Å². The zero-order chi connectivity index (χ0) is 15.0. The predicted molar refractivity (Wildman–Crippen MR) is 55.4 cm³/mol. The highest BCUT2D eigenvalue weighted by molar-refractivity contribution is 5.76. The van der Waals surface area contributed by atoms with Gasteiger partial charge in [-0.1, -0.05) is 0 Å². The Kier molecular flexibility index (Phi) is 4.79. The summed E-state index contributed by atoms with van der Waals surface area (Å²) in [6.45, 7) is -0.908. The highest BCUT2D eigenvalue weighted by atomic mass is 19.1. The Morgan fingerprint density at radius 3 is 2.42 bits per heavy atom. The van der Waals surface area contributed by atoms with Gasteiger partial charge in [0.05, 0.1) is 12.6 Å². The molecule has 5 unspecified atom stereocenters. The van der Waals surface area contributed by atoms with Crippen LogP contribution >= 0.6 is 0 Å². The summed E-state index contributed by atoms with van der Waals surface area (Å²) in [4.78, 5) is 10.8. The van der Waals surface area contributed by atoms with Gasteiger partial charge >= 0.3 is 11.8 Å². The van der Waals surface area contributed by atoms with Gasteiger partial charge in [-0.15, -0.1) is 0 Å². The molecule has 0 saturated carbocycles. The largest absolute Gasteiger partial charge is 0.477 e. The van der Waals surface area contributed by atoms with Crippen LogP contribution in [0.25, 0.3) is 0 Å². The summed E-state index contributed by atoms with van der Waals surface area (Å²) >= 11 is 0. The van der Waals surface area contributed by atoms with Gasteiger partial charge in [0.2, 0.25) is 0 Å². The summed E-state index contributed by atoms with van der Waals surface area (Å²) in [6.07, 6.45) is -10.4. The first kappa shape index (κ1) is 16.2. The number of aliphatic hydroxyl groups excluding tert-OH is 4. The van der Waals surface area contributed by atoms with Crippen molar-refractivity contribution >= 4 is 5.97 Å². The first-order chi connectivity index (χ1) is 8.66. The van der Waals surface area contributed by atoms with Gasteiger partial charge in [-0.05, 0) is 0 Å². The third-order valence-corrected chi connectivity index (χ3v) is 2.99. The van der Waals surface area contributed by atoms with Crippen molar-refractivity contribution in [1.82, 2.24) is 0 Å². The molecule has 112 valence electrons. The predicted octanol–water partition coefficient (Wildman–Crippen LogP) is -4.10. The number of ether oxygens (including phenoxy) is 1. The standard InChI is InChI=1S/C9H16FNO8/c10-7-5(15)3(11)6(4(14)2(13)1-12)19-9(7,18)8(16)17/h2-7,12-15,18H,1,11H2,(H,16,17)/t2-,3?,4-,5?,6?,7?,9?/m1/s1. The van der Waals surface area contributed by atoms with Gasteiger partial charge in [-0.3, -0.25) is 0 Å². The maximum absolute atomic E-state index is 13.6. The lowest BCUT2D eigenvalue weighted by molar-refractivity contribution is -0.318. The average molecular weight is 285 g/mol. The first-order valence-corrected chi connectivity index (χ1v) is 5.35. The van der Waals surface area contributed by atoms with E-state index in [1.165, 1.54) is 0 Å². The zero-order valence-corrected chi connectivity index (χ0v) is 9.63. The second kappa shape index (κ2) is 5.63. The molecule has 1 aliphatic rings. The fourth-order valence-corrected chi connectivity index (χ4v) is 1.76.